The number of aromatic nitrogens is 1. The van der Waals surface area contributed by atoms with Gasteiger partial charge >= 0.3 is 0 Å². The monoisotopic (exact) mass is 641 g/mol. The van der Waals surface area contributed by atoms with Crippen LogP contribution in [0.5, 0.6) is 5.75 Å². The maximum Gasteiger partial charge on any atom is 0.253 e. The molecule has 0 radical (unpaired) electrons. The van der Waals surface area contributed by atoms with Gasteiger partial charge in [-0.3, -0.25) is 29.0 Å². The first-order chi connectivity index (χ1) is 21.5. The van der Waals surface area contributed by atoms with E-state index in [4.69, 9.17) is 27.6 Å². The minimum absolute atomic E-state index is 0.0472. The molecular formula is C34H25Cl2N3O6. The Morgan fingerprint density at radius 2 is 1.67 bits per heavy atom. The first-order valence-corrected chi connectivity index (χ1v) is 15.3. The van der Waals surface area contributed by atoms with Crippen molar-refractivity contribution in [2.45, 2.75) is 28.5 Å². The van der Waals surface area contributed by atoms with Gasteiger partial charge in [0.2, 0.25) is 17.7 Å². The smallest absolute Gasteiger partial charge is 0.253 e. The lowest BCUT2D eigenvalue weighted by Crippen LogP contribution is -2.60. The molecule has 226 valence electrons. The van der Waals surface area contributed by atoms with E-state index in [1.165, 1.54) is 24.1 Å². The molecule has 3 fully saturated rings. The van der Waals surface area contributed by atoms with Crippen molar-refractivity contribution in [1.29, 1.82) is 0 Å². The third-order valence-corrected chi connectivity index (χ3v) is 11.3. The maximum absolute atomic E-state index is 14.2. The minimum Gasteiger partial charge on any atom is -0.508 e. The maximum atomic E-state index is 14.2. The summed E-state index contributed by atoms with van der Waals surface area (Å²) in [6.07, 6.45) is 2.01. The molecule has 1 N–H and O–H groups in total. The molecule has 3 heterocycles. The lowest BCUT2D eigenvalue weighted by atomic mass is 9.56. The fraction of sp³-hybridized carbons (Fsp3) is 0.265. The number of para-hydroxylation sites is 2. The van der Waals surface area contributed by atoms with Gasteiger partial charge in [-0.05, 0) is 72.9 Å². The number of hydrogen-bond donors (Lipinski definition) is 1. The van der Waals surface area contributed by atoms with Crippen LogP contribution in [0.1, 0.15) is 24.3 Å². The molecule has 1 saturated carbocycles. The fourth-order valence-electron chi connectivity index (χ4n) is 7.83. The summed E-state index contributed by atoms with van der Waals surface area (Å²) < 4.78 is 5.87. The van der Waals surface area contributed by atoms with Gasteiger partial charge < -0.3 is 9.52 Å². The van der Waals surface area contributed by atoms with Crippen molar-refractivity contribution in [1.82, 2.24) is 9.88 Å². The molecule has 8 rings (SSSR count). The van der Waals surface area contributed by atoms with Crippen LogP contribution in [0.2, 0.25) is 0 Å². The minimum atomic E-state index is -1.89. The van der Waals surface area contributed by atoms with Crippen molar-refractivity contribution >= 4 is 63.6 Å². The zero-order valence-electron chi connectivity index (χ0n) is 23.8. The van der Waals surface area contributed by atoms with Gasteiger partial charge in [0, 0.05) is 18.5 Å². The van der Waals surface area contributed by atoms with Crippen molar-refractivity contribution in [3.8, 4) is 17.2 Å². The number of likely N-dealkylation sites (tertiary alicyclic amines) is 1. The molecule has 4 aliphatic rings. The molecule has 3 aromatic carbocycles. The summed E-state index contributed by atoms with van der Waals surface area (Å²) in [5.74, 6) is -4.75. The van der Waals surface area contributed by atoms with E-state index in [1.807, 2.05) is 30.3 Å². The Labute approximate surface area is 267 Å². The molecule has 2 aliphatic heterocycles. The number of oxazole rings is 1. The molecule has 4 amide bonds. The Bertz CT molecular complexity index is 1970. The van der Waals surface area contributed by atoms with Crippen LogP contribution in [0.3, 0.4) is 0 Å². The highest BCUT2D eigenvalue weighted by molar-refractivity contribution is 6.53. The number of allylic oxidation sites excluding steroid dienone is 2. The second-order valence-corrected chi connectivity index (χ2v) is 13.4. The Morgan fingerprint density at radius 1 is 0.911 bits per heavy atom. The second-order valence-electron chi connectivity index (χ2n) is 12.1. The third-order valence-electron chi connectivity index (χ3n) is 9.88. The summed E-state index contributed by atoms with van der Waals surface area (Å²) in [7, 11) is 1.34. The molecule has 4 aromatic rings. The summed E-state index contributed by atoms with van der Waals surface area (Å²) in [4.78, 5) is 58.2. The van der Waals surface area contributed by atoms with Crippen LogP contribution >= 0.6 is 23.2 Å². The van der Waals surface area contributed by atoms with Gasteiger partial charge in [0.1, 0.15) is 11.3 Å². The number of benzene rings is 3. The number of nitrogens with zero attached hydrogens (tertiary/aromatic N) is 3. The molecular weight excluding hydrogens is 617 g/mol. The van der Waals surface area contributed by atoms with Gasteiger partial charge in [-0.15, -0.1) is 23.2 Å². The Balaban J connectivity index is 1.18. The Morgan fingerprint density at radius 3 is 2.40 bits per heavy atom. The van der Waals surface area contributed by atoms with Crippen molar-refractivity contribution in [2.75, 3.05) is 11.9 Å². The summed E-state index contributed by atoms with van der Waals surface area (Å²) in [6.45, 7) is 0. The number of alkyl halides is 2. The van der Waals surface area contributed by atoms with Crippen LogP contribution in [-0.4, -0.2) is 55.4 Å². The van der Waals surface area contributed by atoms with Gasteiger partial charge in [0.15, 0.2) is 15.3 Å². The van der Waals surface area contributed by atoms with E-state index < -0.39 is 51.1 Å². The van der Waals surface area contributed by atoms with Crippen LogP contribution in [0.4, 0.5) is 5.69 Å². The molecule has 1 aromatic heterocycles. The Hall–Kier alpha value is -4.47. The highest BCUT2D eigenvalue weighted by atomic mass is 35.5. The van der Waals surface area contributed by atoms with Crippen LogP contribution in [-0.2, 0) is 19.2 Å². The summed E-state index contributed by atoms with van der Waals surface area (Å²) >= 11 is 14.3. The highest BCUT2D eigenvalue weighted by Crippen LogP contribution is 2.65. The molecule has 11 heteroatoms. The van der Waals surface area contributed by atoms with Crippen molar-refractivity contribution < 1.29 is 28.7 Å². The first-order valence-electron chi connectivity index (χ1n) is 14.6. The van der Waals surface area contributed by atoms with Crippen LogP contribution < -0.4 is 4.90 Å². The number of carbonyl (C=O) groups is 4. The number of carbonyl (C=O) groups excluding carboxylic acids is 4. The van der Waals surface area contributed by atoms with Crippen molar-refractivity contribution in [2.24, 2.45) is 17.8 Å². The van der Waals surface area contributed by atoms with E-state index in [0.29, 0.717) is 33.9 Å². The lowest BCUT2D eigenvalue weighted by Gasteiger charge is -2.50. The lowest BCUT2D eigenvalue weighted by molar-refractivity contribution is -0.138. The first kappa shape index (κ1) is 28.0. The van der Waals surface area contributed by atoms with Crippen LogP contribution in [0.15, 0.2) is 88.9 Å². The SMILES string of the molecule is CN1C(=O)[C@]2(Cl)C[C@@H]3C(=CC[C@@H]4C(=O)N(c5ccc(-c6nc7ccccc7o6)cc5)C(=O)[C@@H]43)[C@H](c3cccc(O)c3)[C@]2(Cl)C1=O. The fourth-order valence-corrected chi connectivity index (χ4v) is 8.85. The van der Waals surface area contributed by atoms with E-state index in [0.717, 1.165) is 10.4 Å². The van der Waals surface area contributed by atoms with E-state index >= 15 is 0 Å². The molecule has 2 saturated heterocycles. The average molecular weight is 642 g/mol. The molecule has 2 aliphatic carbocycles. The van der Waals surface area contributed by atoms with E-state index in [2.05, 4.69) is 4.98 Å². The summed E-state index contributed by atoms with van der Waals surface area (Å²) in [5.41, 5.74) is 3.62. The largest absolute Gasteiger partial charge is 0.508 e. The number of anilines is 1. The normalized spacial score (nSPS) is 30.9. The van der Waals surface area contributed by atoms with Crippen LogP contribution in [0.25, 0.3) is 22.6 Å². The van der Waals surface area contributed by atoms with Gasteiger partial charge in [0.25, 0.3) is 11.8 Å². The predicted molar refractivity (Wildman–Crippen MR) is 166 cm³/mol. The van der Waals surface area contributed by atoms with Crippen LogP contribution in [0, 0.1) is 17.8 Å². The Kier molecular flexibility index (Phi) is 5.93. The summed E-state index contributed by atoms with van der Waals surface area (Å²) in [6, 6.07) is 20.6. The number of hydrogen-bond acceptors (Lipinski definition) is 7. The van der Waals surface area contributed by atoms with E-state index in [9.17, 15) is 24.3 Å². The number of aromatic hydroxyl groups is 1. The number of imide groups is 2. The number of phenolic OH excluding ortho intramolecular Hbond substituents is 1. The van der Waals surface area contributed by atoms with E-state index in [-0.39, 0.29) is 24.5 Å². The number of amides is 4. The number of halogens is 2. The van der Waals surface area contributed by atoms with Gasteiger partial charge in [-0.25, -0.2) is 4.98 Å². The van der Waals surface area contributed by atoms with Gasteiger partial charge in [-0.1, -0.05) is 35.9 Å². The summed E-state index contributed by atoms with van der Waals surface area (Å²) in [5, 5.41) is 10.3. The van der Waals surface area contributed by atoms with Gasteiger partial charge in [0.05, 0.1) is 17.5 Å². The third kappa shape index (κ3) is 3.65. The van der Waals surface area contributed by atoms with Crippen molar-refractivity contribution in [3.63, 3.8) is 0 Å². The number of phenols is 1. The number of rotatable bonds is 3. The standard InChI is InChI=1S/C34H25Cl2N3O6/c1-38-31(43)33(35)16-23-21(27(34(33,36)32(38)44)18-5-4-6-20(40)15-18)13-14-22-26(23)30(42)39(29(22)41)19-11-9-17(10-12-19)28-37-24-7-2-3-8-25(24)45-28/h2-13,15,22-23,26-27,40H,14,16H2,1H3/t22-,23+,26-,27-,33+,34-/m0/s1. The van der Waals surface area contributed by atoms with Gasteiger partial charge in [-0.2, -0.15) is 0 Å². The second kappa shape index (κ2) is 9.52. The molecule has 0 bridgehead atoms. The van der Waals surface area contributed by atoms with Crippen molar-refractivity contribution in [3.05, 3.63) is 90.0 Å². The zero-order chi connectivity index (χ0) is 31.4. The molecule has 0 spiro atoms. The zero-order valence-corrected chi connectivity index (χ0v) is 25.3. The highest BCUT2D eigenvalue weighted by Gasteiger charge is 2.75. The average Bonchev–Trinajstić information content (AvgIpc) is 3.62. The molecule has 0 unspecified atom stereocenters. The molecule has 9 nitrogen and oxygen atoms in total. The molecule has 6 atom stereocenters. The predicted octanol–water partition coefficient (Wildman–Crippen LogP) is 5.39. The molecule has 45 heavy (non-hydrogen) atoms. The number of fused-ring (bicyclic) bond motifs is 5. The quantitative estimate of drug-likeness (QED) is 0.181. The van der Waals surface area contributed by atoms with E-state index in [1.54, 1.807) is 36.4 Å². The topological polar surface area (TPSA) is 121 Å².